The van der Waals surface area contributed by atoms with E-state index in [4.69, 9.17) is 9.47 Å². The van der Waals surface area contributed by atoms with Crippen molar-refractivity contribution < 1.29 is 29.0 Å². The number of rotatable bonds is 9. The zero-order valence-corrected chi connectivity index (χ0v) is 23.0. The number of esters is 1. The second-order valence-corrected chi connectivity index (χ2v) is 10.6. The second-order valence-electron chi connectivity index (χ2n) is 10.6. The Kier molecular flexibility index (Phi) is 11.3. The van der Waals surface area contributed by atoms with E-state index in [0.29, 0.717) is 32.4 Å². The molecule has 8 nitrogen and oxygen atoms in total. The number of carbonyl (C=O) groups is 3. The number of nitrogens with zero attached hydrogens (tertiary/aromatic N) is 1. The molecule has 214 valence electrons. The van der Waals surface area contributed by atoms with Crippen LogP contribution in [0.3, 0.4) is 0 Å². The lowest BCUT2D eigenvalue weighted by atomic mass is 9.94. The van der Waals surface area contributed by atoms with E-state index >= 15 is 0 Å². The number of nitrogens with one attached hydrogen (secondary N) is 1. The van der Waals surface area contributed by atoms with Crippen LogP contribution in [0.2, 0.25) is 0 Å². The Bertz CT molecular complexity index is 1120. The number of hydrogen-bond acceptors (Lipinski definition) is 6. The van der Waals surface area contributed by atoms with Gasteiger partial charge in [-0.15, -0.1) is 0 Å². The van der Waals surface area contributed by atoms with E-state index < -0.39 is 12.0 Å². The molecule has 0 aliphatic carbocycles. The highest BCUT2D eigenvalue weighted by Crippen LogP contribution is 2.22. The van der Waals surface area contributed by atoms with Crippen molar-refractivity contribution in [3.05, 3.63) is 83.9 Å². The number of aliphatic hydroxyl groups is 1. The smallest absolute Gasteiger partial charge is 0.309 e. The number of cyclic esters (lactones) is 1. The number of amides is 2. The van der Waals surface area contributed by atoms with Gasteiger partial charge < -0.3 is 24.8 Å². The maximum absolute atomic E-state index is 13.4. The molecule has 2 aliphatic heterocycles. The van der Waals surface area contributed by atoms with Crippen LogP contribution >= 0.6 is 0 Å². The van der Waals surface area contributed by atoms with Gasteiger partial charge in [0.25, 0.3) is 0 Å². The third kappa shape index (κ3) is 8.76. The first-order valence-corrected chi connectivity index (χ1v) is 14.2. The Morgan fingerprint density at radius 1 is 0.975 bits per heavy atom. The Hall–Kier alpha value is -3.49. The predicted molar refractivity (Wildman–Crippen MR) is 151 cm³/mol. The molecular formula is C32H40N2O6. The molecule has 2 amide bonds. The molecule has 2 heterocycles. The van der Waals surface area contributed by atoms with Crippen LogP contribution in [0.15, 0.2) is 72.8 Å². The summed E-state index contributed by atoms with van der Waals surface area (Å²) in [6, 6.07) is 18.8. The first kappa shape index (κ1) is 29.5. The quantitative estimate of drug-likeness (QED) is 0.368. The van der Waals surface area contributed by atoms with Gasteiger partial charge in [0.05, 0.1) is 43.7 Å². The Balaban J connectivity index is 1.47. The van der Waals surface area contributed by atoms with Crippen molar-refractivity contribution in [2.24, 2.45) is 11.8 Å². The molecular weight excluding hydrogens is 508 g/mol. The first-order valence-electron chi connectivity index (χ1n) is 14.2. The standard InChI is InChI=1S/C32H40N2O6/c35-20-29-16-9-17-34(29)30(36)19-26-14-7-8-15-27(18-24-10-3-1-4-11-24)32(38)40-23-28(33-31(26)37)22-39-21-25-12-5-2-6-13-25/h1-8,10-13,26-29,35H,9,14-23H2,(H,33,37)/t26-,27-,28+,29+/m1/s1. The molecule has 2 aromatic rings. The molecule has 8 heteroatoms. The van der Waals surface area contributed by atoms with E-state index in [1.165, 1.54) is 0 Å². The van der Waals surface area contributed by atoms with E-state index in [1.807, 2.05) is 72.8 Å². The lowest BCUT2D eigenvalue weighted by Gasteiger charge is -2.27. The fourth-order valence-corrected chi connectivity index (χ4v) is 5.29. The Morgan fingerprint density at radius 2 is 1.65 bits per heavy atom. The monoisotopic (exact) mass is 548 g/mol. The van der Waals surface area contributed by atoms with Crippen molar-refractivity contribution in [2.45, 2.75) is 57.2 Å². The van der Waals surface area contributed by atoms with E-state index in [-0.39, 0.29) is 56.0 Å². The first-order chi connectivity index (χ1) is 19.5. The summed E-state index contributed by atoms with van der Waals surface area (Å²) in [5.41, 5.74) is 2.05. The lowest BCUT2D eigenvalue weighted by molar-refractivity contribution is -0.150. The van der Waals surface area contributed by atoms with Crippen molar-refractivity contribution in [1.29, 1.82) is 0 Å². The van der Waals surface area contributed by atoms with Gasteiger partial charge in [-0.2, -0.15) is 0 Å². The van der Waals surface area contributed by atoms with Crippen molar-refractivity contribution in [3.63, 3.8) is 0 Å². The number of allylic oxidation sites excluding steroid dienone is 2. The molecule has 40 heavy (non-hydrogen) atoms. The zero-order valence-electron chi connectivity index (χ0n) is 23.0. The Labute approximate surface area is 236 Å². The fraction of sp³-hybridized carbons (Fsp3) is 0.469. The maximum Gasteiger partial charge on any atom is 0.309 e. The topological polar surface area (TPSA) is 105 Å². The summed E-state index contributed by atoms with van der Waals surface area (Å²) in [7, 11) is 0. The molecule has 0 spiro atoms. The van der Waals surface area contributed by atoms with Crippen LogP contribution in [0.25, 0.3) is 0 Å². The van der Waals surface area contributed by atoms with Crippen molar-refractivity contribution in [1.82, 2.24) is 10.2 Å². The summed E-state index contributed by atoms with van der Waals surface area (Å²) < 4.78 is 11.6. The molecule has 2 aromatic carbocycles. The van der Waals surface area contributed by atoms with E-state index in [9.17, 15) is 19.5 Å². The van der Waals surface area contributed by atoms with Crippen LogP contribution in [0.1, 0.15) is 43.2 Å². The Morgan fingerprint density at radius 3 is 2.35 bits per heavy atom. The maximum atomic E-state index is 13.4. The lowest BCUT2D eigenvalue weighted by Crippen LogP contribution is -2.46. The van der Waals surface area contributed by atoms with Gasteiger partial charge in [0, 0.05) is 13.0 Å². The minimum atomic E-state index is -0.581. The van der Waals surface area contributed by atoms with Crippen molar-refractivity contribution >= 4 is 17.8 Å². The molecule has 2 aliphatic rings. The number of benzene rings is 2. The zero-order chi connectivity index (χ0) is 28.2. The molecule has 1 saturated heterocycles. The minimum absolute atomic E-state index is 0.0201. The summed E-state index contributed by atoms with van der Waals surface area (Å²) in [4.78, 5) is 41.3. The number of aliphatic hydroxyl groups excluding tert-OH is 1. The summed E-state index contributed by atoms with van der Waals surface area (Å²) in [6.45, 7) is 1.03. The van der Waals surface area contributed by atoms with Crippen LogP contribution in [-0.4, -0.2) is 66.2 Å². The molecule has 4 rings (SSSR count). The van der Waals surface area contributed by atoms with Crippen LogP contribution in [0.4, 0.5) is 0 Å². The minimum Gasteiger partial charge on any atom is -0.463 e. The van der Waals surface area contributed by atoms with Gasteiger partial charge in [0.1, 0.15) is 6.61 Å². The van der Waals surface area contributed by atoms with Crippen LogP contribution < -0.4 is 5.32 Å². The molecule has 0 unspecified atom stereocenters. The number of ether oxygens (including phenoxy) is 2. The van der Waals surface area contributed by atoms with Crippen LogP contribution in [0, 0.1) is 11.8 Å². The van der Waals surface area contributed by atoms with Gasteiger partial charge in [-0.25, -0.2) is 0 Å². The predicted octanol–water partition coefficient (Wildman–Crippen LogP) is 3.43. The highest BCUT2D eigenvalue weighted by atomic mass is 16.5. The molecule has 0 radical (unpaired) electrons. The van der Waals surface area contributed by atoms with Gasteiger partial charge in [0.15, 0.2) is 0 Å². The fourth-order valence-electron chi connectivity index (χ4n) is 5.29. The average molecular weight is 549 g/mol. The third-order valence-electron chi connectivity index (χ3n) is 7.57. The van der Waals surface area contributed by atoms with Gasteiger partial charge in [-0.05, 0) is 43.2 Å². The van der Waals surface area contributed by atoms with Gasteiger partial charge in [0.2, 0.25) is 11.8 Å². The van der Waals surface area contributed by atoms with Crippen LogP contribution in [0.5, 0.6) is 0 Å². The molecule has 4 atom stereocenters. The van der Waals surface area contributed by atoms with Gasteiger partial charge in [-0.1, -0.05) is 72.8 Å². The molecule has 0 saturated carbocycles. The molecule has 2 N–H and O–H groups in total. The summed E-state index contributed by atoms with van der Waals surface area (Å²) in [5, 5.41) is 12.6. The average Bonchev–Trinajstić information content (AvgIpc) is 3.46. The normalized spacial score (nSPS) is 24.1. The van der Waals surface area contributed by atoms with Crippen molar-refractivity contribution in [2.75, 3.05) is 26.4 Å². The molecule has 0 bridgehead atoms. The highest BCUT2D eigenvalue weighted by Gasteiger charge is 2.32. The third-order valence-corrected chi connectivity index (χ3v) is 7.57. The SMILES string of the molecule is O=C1N[C@@H](COCc2ccccc2)COC(=O)[C@@H](Cc2ccccc2)CC=CC[C@@H]1CC(=O)N1CCC[C@H]1CO. The molecule has 0 aromatic heterocycles. The number of hydrogen-bond donors (Lipinski definition) is 2. The summed E-state index contributed by atoms with van der Waals surface area (Å²) >= 11 is 0. The van der Waals surface area contributed by atoms with E-state index in [2.05, 4.69) is 5.32 Å². The number of likely N-dealkylation sites (tertiary alicyclic amines) is 1. The summed E-state index contributed by atoms with van der Waals surface area (Å²) in [5.74, 6) is -1.66. The van der Waals surface area contributed by atoms with Gasteiger partial charge >= 0.3 is 5.97 Å². The van der Waals surface area contributed by atoms with Crippen LogP contribution in [-0.2, 0) is 36.9 Å². The van der Waals surface area contributed by atoms with Crippen molar-refractivity contribution in [3.8, 4) is 0 Å². The van der Waals surface area contributed by atoms with Gasteiger partial charge in [-0.3, -0.25) is 14.4 Å². The van der Waals surface area contributed by atoms with E-state index in [1.54, 1.807) is 4.90 Å². The number of carbonyl (C=O) groups excluding carboxylic acids is 3. The second kappa shape index (κ2) is 15.3. The largest absolute Gasteiger partial charge is 0.463 e. The summed E-state index contributed by atoms with van der Waals surface area (Å²) in [6.07, 6.45) is 6.87. The highest BCUT2D eigenvalue weighted by molar-refractivity contribution is 5.86. The molecule has 1 fully saturated rings. The van der Waals surface area contributed by atoms with E-state index in [0.717, 1.165) is 24.0 Å².